The second-order valence-corrected chi connectivity index (χ2v) is 5.80. The van der Waals surface area contributed by atoms with Crippen LogP contribution in [0.3, 0.4) is 0 Å². The van der Waals surface area contributed by atoms with Crippen molar-refractivity contribution in [3.8, 4) is 5.75 Å². The van der Waals surface area contributed by atoms with Crippen LogP contribution in [0.25, 0.3) is 0 Å². The highest BCUT2D eigenvalue weighted by molar-refractivity contribution is 5.37. The number of hydrogen-bond acceptors (Lipinski definition) is 3. The second-order valence-electron chi connectivity index (χ2n) is 5.80. The summed E-state index contributed by atoms with van der Waals surface area (Å²) in [5.41, 5.74) is 8.86. The highest BCUT2D eigenvalue weighted by atomic mass is 16.5. The van der Waals surface area contributed by atoms with Crippen LogP contribution in [0, 0.1) is 0 Å². The van der Waals surface area contributed by atoms with Gasteiger partial charge in [-0.3, -0.25) is 4.98 Å². The third-order valence-electron chi connectivity index (χ3n) is 4.75. The molecule has 1 heterocycles. The molecule has 2 N–H and O–H groups in total. The highest BCUT2D eigenvalue weighted by Crippen LogP contribution is 2.49. The smallest absolute Gasteiger partial charge is 0.142 e. The van der Waals surface area contributed by atoms with Gasteiger partial charge in [0.2, 0.25) is 0 Å². The fourth-order valence-corrected chi connectivity index (χ4v) is 3.63. The Morgan fingerprint density at radius 2 is 1.81 bits per heavy atom. The number of pyridine rings is 1. The van der Waals surface area contributed by atoms with Gasteiger partial charge in [0, 0.05) is 11.6 Å². The molecule has 0 radical (unpaired) electrons. The van der Waals surface area contributed by atoms with Gasteiger partial charge in [0.1, 0.15) is 5.75 Å². The lowest BCUT2D eigenvalue weighted by Crippen LogP contribution is -2.37. The Hall–Kier alpha value is -1.87. The molecule has 0 saturated heterocycles. The van der Waals surface area contributed by atoms with Gasteiger partial charge >= 0.3 is 0 Å². The van der Waals surface area contributed by atoms with Crippen LogP contribution in [-0.4, -0.2) is 12.1 Å². The molecule has 3 heteroatoms. The summed E-state index contributed by atoms with van der Waals surface area (Å²) in [4.78, 5) is 4.51. The van der Waals surface area contributed by atoms with Gasteiger partial charge < -0.3 is 10.5 Å². The van der Waals surface area contributed by atoms with Gasteiger partial charge in [-0.15, -0.1) is 0 Å². The monoisotopic (exact) mass is 282 g/mol. The predicted molar refractivity (Wildman–Crippen MR) is 84.3 cm³/mol. The van der Waals surface area contributed by atoms with Crippen LogP contribution in [0.4, 0.5) is 0 Å². The molecule has 1 aliphatic carbocycles. The number of methoxy groups -OCH3 is 1. The predicted octanol–water partition coefficient (Wildman–Crippen LogP) is 3.60. The van der Waals surface area contributed by atoms with Gasteiger partial charge in [0.25, 0.3) is 0 Å². The van der Waals surface area contributed by atoms with E-state index < -0.39 is 0 Å². The van der Waals surface area contributed by atoms with Crippen LogP contribution in [0.2, 0.25) is 0 Å². The first-order chi connectivity index (χ1) is 10.3. The first kappa shape index (κ1) is 14.1. The lowest BCUT2D eigenvalue weighted by molar-refractivity contribution is 0.332. The minimum absolute atomic E-state index is 0.0249. The van der Waals surface area contributed by atoms with E-state index in [2.05, 4.69) is 35.3 Å². The lowest BCUT2D eigenvalue weighted by Gasteiger charge is -2.36. The molecular weight excluding hydrogens is 260 g/mol. The molecule has 1 aromatic heterocycles. The quantitative estimate of drug-likeness (QED) is 0.932. The third-order valence-corrected chi connectivity index (χ3v) is 4.75. The molecule has 1 atom stereocenters. The van der Waals surface area contributed by atoms with Crippen molar-refractivity contribution in [2.45, 2.75) is 37.1 Å². The van der Waals surface area contributed by atoms with E-state index in [0.29, 0.717) is 0 Å². The highest BCUT2D eigenvalue weighted by Gasteiger charge is 2.43. The minimum atomic E-state index is -0.140. The number of nitrogens with two attached hydrogens (primary N) is 1. The molecule has 110 valence electrons. The first-order valence-corrected chi connectivity index (χ1v) is 7.58. The van der Waals surface area contributed by atoms with Gasteiger partial charge in [-0.05, 0) is 30.5 Å². The zero-order valence-electron chi connectivity index (χ0n) is 12.5. The van der Waals surface area contributed by atoms with Crippen LogP contribution in [0.5, 0.6) is 5.75 Å². The standard InChI is InChI=1S/C18H22N2O/c1-21-15-10-7-13-20-16(15)17(19)18(11-5-6-12-18)14-8-3-2-4-9-14/h2-4,7-10,13,17H,5-6,11-12,19H2,1H3. The van der Waals surface area contributed by atoms with E-state index in [0.717, 1.165) is 24.3 Å². The van der Waals surface area contributed by atoms with Crippen molar-refractivity contribution >= 4 is 0 Å². The fourth-order valence-electron chi connectivity index (χ4n) is 3.63. The molecule has 1 aromatic carbocycles. The SMILES string of the molecule is COc1cccnc1C(N)C1(c2ccccc2)CCCC1. The summed E-state index contributed by atoms with van der Waals surface area (Å²) in [7, 11) is 1.68. The van der Waals surface area contributed by atoms with Crippen molar-refractivity contribution in [1.29, 1.82) is 0 Å². The van der Waals surface area contributed by atoms with Crippen molar-refractivity contribution in [2.24, 2.45) is 5.73 Å². The molecule has 0 aliphatic heterocycles. The fraction of sp³-hybridized carbons (Fsp3) is 0.389. The molecule has 0 amide bonds. The summed E-state index contributed by atoms with van der Waals surface area (Å²) in [5, 5.41) is 0. The average molecular weight is 282 g/mol. The topological polar surface area (TPSA) is 48.1 Å². The number of benzene rings is 1. The van der Waals surface area contributed by atoms with Crippen LogP contribution >= 0.6 is 0 Å². The minimum Gasteiger partial charge on any atom is -0.495 e. The Morgan fingerprint density at radius 3 is 2.48 bits per heavy atom. The van der Waals surface area contributed by atoms with E-state index >= 15 is 0 Å². The van der Waals surface area contributed by atoms with E-state index in [9.17, 15) is 0 Å². The summed E-state index contributed by atoms with van der Waals surface area (Å²) >= 11 is 0. The molecular formula is C18H22N2O. The summed E-state index contributed by atoms with van der Waals surface area (Å²) in [6.45, 7) is 0. The van der Waals surface area contributed by atoms with Crippen LogP contribution in [0.15, 0.2) is 48.7 Å². The summed E-state index contributed by atoms with van der Waals surface area (Å²) in [6, 6.07) is 14.3. The van der Waals surface area contributed by atoms with E-state index in [-0.39, 0.29) is 11.5 Å². The molecule has 3 rings (SSSR count). The number of hydrogen-bond donors (Lipinski definition) is 1. The number of aromatic nitrogens is 1. The third kappa shape index (κ3) is 2.42. The Labute approximate surface area is 126 Å². The molecule has 21 heavy (non-hydrogen) atoms. The molecule has 1 fully saturated rings. The number of rotatable bonds is 4. The number of nitrogens with zero attached hydrogens (tertiary/aromatic N) is 1. The molecule has 3 nitrogen and oxygen atoms in total. The number of ether oxygens (including phenoxy) is 1. The van der Waals surface area contributed by atoms with Gasteiger partial charge in [0.15, 0.2) is 0 Å². The van der Waals surface area contributed by atoms with E-state index in [1.807, 2.05) is 12.1 Å². The Morgan fingerprint density at radius 1 is 1.10 bits per heavy atom. The molecule has 1 aliphatic rings. The van der Waals surface area contributed by atoms with Crippen molar-refractivity contribution < 1.29 is 4.74 Å². The Bertz CT molecular complexity index is 591. The molecule has 0 spiro atoms. The summed E-state index contributed by atoms with van der Waals surface area (Å²) in [5.74, 6) is 0.784. The van der Waals surface area contributed by atoms with Crippen LogP contribution < -0.4 is 10.5 Å². The van der Waals surface area contributed by atoms with Crippen molar-refractivity contribution in [1.82, 2.24) is 4.98 Å². The van der Waals surface area contributed by atoms with Crippen LogP contribution in [0.1, 0.15) is 43.0 Å². The summed E-state index contributed by atoms with van der Waals surface area (Å²) in [6.07, 6.45) is 6.46. The van der Waals surface area contributed by atoms with Gasteiger partial charge in [0.05, 0.1) is 18.8 Å². The van der Waals surface area contributed by atoms with Gasteiger partial charge in [-0.1, -0.05) is 43.2 Å². The van der Waals surface area contributed by atoms with Crippen molar-refractivity contribution in [2.75, 3.05) is 7.11 Å². The molecule has 1 unspecified atom stereocenters. The van der Waals surface area contributed by atoms with E-state index in [1.54, 1.807) is 13.3 Å². The maximum Gasteiger partial charge on any atom is 0.142 e. The first-order valence-electron chi connectivity index (χ1n) is 7.58. The molecule has 2 aromatic rings. The lowest BCUT2D eigenvalue weighted by atomic mass is 9.71. The van der Waals surface area contributed by atoms with E-state index in [4.69, 9.17) is 10.5 Å². The maximum absolute atomic E-state index is 6.70. The summed E-state index contributed by atoms with van der Waals surface area (Å²) < 4.78 is 5.46. The largest absolute Gasteiger partial charge is 0.495 e. The second kappa shape index (κ2) is 5.86. The maximum atomic E-state index is 6.70. The zero-order valence-corrected chi connectivity index (χ0v) is 12.5. The average Bonchev–Trinajstić information content (AvgIpc) is 3.06. The normalized spacial score (nSPS) is 18.4. The van der Waals surface area contributed by atoms with Gasteiger partial charge in [-0.2, -0.15) is 0 Å². The Balaban J connectivity index is 2.06. The molecule has 1 saturated carbocycles. The van der Waals surface area contributed by atoms with Crippen LogP contribution in [-0.2, 0) is 5.41 Å². The zero-order chi connectivity index (χ0) is 14.7. The Kier molecular flexibility index (Phi) is 3.93. The van der Waals surface area contributed by atoms with Gasteiger partial charge in [-0.25, -0.2) is 0 Å². The van der Waals surface area contributed by atoms with E-state index in [1.165, 1.54) is 18.4 Å². The van der Waals surface area contributed by atoms with Crippen molar-refractivity contribution in [3.63, 3.8) is 0 Å². The van der Waals surface area contributed by atoms with Crippen molar-refractivity contribution in [3.05, 3.63) is 59.9 Å². The molecule has 0 bridgehead atoms.